The summed E-state index contributed by atoms with van der Waals surface area (Å²) in [4.78, 5) is 0. The molecule has 20 heavy (non-hydrogen) atoms. The number of hydrogen-bond donors (Lipinski definition) is 1. The van der Waals surface area contributed by atoms with Gasteiger partial charge in [0.1, 0.15) is 0 Å². The van der Waals surface area contributed by atoms with Gasteiger partial charge in [-0.25, -0.2) is 0 Å². The van der Waals surface area contributed by atoms with E-state index in [1.807, 2.05) is 53.1 Å². The number of nitrogens with zero attached hydrogens (tertiary/aromatic N) is 2. The fraction of sp³-hybridized carbons (Fsp3) is 0. The standard InChI is InChI=1S/C14H9BrClN3S/c15-11-3-1-2-4-12(11)19-13(17-18-14(19)20)9-5-7-10(16)8-6-9/h1-8H,(H,18,20). The second-order valence-electron chi connectivity index (χ2n) is 4.15. The SMILES string of the molecule is S=c1[nH]nc(-c2ccc(Cl)cc2)n1-c1ccccc1Br. The third-order valence-corrected chi connectivity index (χ3v) is 4.06. The molecule has 0 atom stereocenters. The Morgan fingerprint density at radius 2 is 1.80 bits per heavy atom. The number of aromatic nitrogens is 3. The monoisotopic (exact) mass is 365 g/mol. The van der Waals surface area contributed by atoms with Gasteiger partial charge in [0.05, 0.1) is 5.69 Å². The van der Waals surface area contributed by atoms with Crippen LogP contribution in [-0.2, 0) is 0 Å². The first kappa shape index (κ1) is 13.5. The van der Waals surface area contributed by atoms with Gasteiger partial charge in [-0.15, -0.1) is 0 Å². The molecular formula is C14H9BrClN3S. The smallest absolute Gasteiger partial charge is 0.200 e. The van der Waals surface area contributed by atoms with Gasteiger partial charge in [-0.05, 0) is 64.5 Å². The van der Waals surface area contributed by atoms with Crippen LogP contribution in [0.3, 0.4) is 0 Å². The van der Waals surface area contributed by atoms with Crippen LogP contribution >= 0.6 is 39.7 Å². The summed E-state index contributed by atoms with van der Waals surface area (Å²) < 4.78 is 3.39. The largest absolute Gasteiger partial charge is 0.267 e. The van der Waals surface area contributed by atoms with Gasteiger partial charge in [-0.1, -0.05) is 23.7 Å². The summed E-state index contributed by atoms with van der Waals surface area (Å²) in [6.07, 6.45) is 0. The summed E-state index contributed by atoms with van der Waals surface area (Å²) in [5.74, 6) is 0.749. The van der Waals surface area contributed by atoms with Crippen molar-refractivity contribution in [3.05, 3.63) is 62.8 Å². The molecule has 3 aromatic rings. The molecule has 1 aromatic heterocycles. The van der Waals surface area contributed by atoms with Crippen molar-refractivity contribution in [2.24, 2.45) is 0 Å². The predicted octanol–water partition coefficient (Wildman–Crippen LogP) is 5.01. The van der Waals surface area contributed by atoms with E-state index in [4.69, 9.17) is 23.8 Å². The van der Waals surface area contributed by atoms with Crippen molar-refractivity contribution in [3.63, 3.8) is 0 Å². The van der Waals surface area contributed by atoms with Crippen LogP contribution in [0.1, 0.15) is 0 Å². The number of halogens is 2. The maximum absolute atomic E-state index is 5.92. The van der Waals surface area contributed by atoms with Gasteiger partial charge in [0.15, 0.2) is 10.6 Å². The molecule has 100 valence electrons. The highest BCUT2D eigenvalue weighted by Gasteiger charge is 2.12. The van der Waals surface area contributed by atoms with E-state index in [2.05, 4.69) is 26.1 Å². The minimum absolute atomic E-state index is 0.543. The quantitative estimate of drug-likeness (QED) is 0.647. The number of H-pyrrole nitrogens is 1. The Labute approximate surface area is 134 Å². The molecule has 0 saturated heterocycles. The Hall–Kier alpha value is -1.43. The van der Waals surface area contributed by atoms with Crippen molar-refractivity contribution >= 4 is 39.7 Å². The summed E-state index contributed by atoms with van der Waals surface area (Å²) in [5.41, 5.74) is 1.88. The Morgan fingerprint density at radius 3 is 2.50 bits per heavy atom. The number of nitrogens with one attached hydrogen (secondary N) is 1. The molecule has 3 rings (SSSR count). The molecule has 6 heteroatoms. The maximum atomic E-state index is 5.92. The molecule has 0 saturated carbocycles. The third kappa shape index (κ3) is 2.44. The number of hydrogen-bond acceptors (Lipinski definition) is 2. The van der Waals surface area contributed by atoms with E-state index in [1.165, 1.54) is 0 Å². The van der Waals surface area contributed by atoms with E-state index in [1.54, 1.807) is 0 Å². The number of rotatable bonds is 2. The van der Waals surface area contributed by atoms with Gasteiger partial charge in [0, 0.05) is 15.1 Å². The van der Waals surface area contributed by atoms with Crippen LogP contribution in [-0.4, -0.2) is 14.8 Å². The van der Waals surface area contributed by atoms with Crippen LogP contribution in [0.4, 0.5) is 0 Å². The topological polar surface area (TPSA) is 33.6 Å². The molecule has 0 fully saturated rings. The van der Waals surface area contributed by atoms with Crippen molar-refractivity contribution in [3.8, 4) is 17.1 Å². The number of para-hydroxylation sites is 1. The molecule has 1 N–H and O–H groups in total. The van der Waals surface area contributed by atoms with E-state index in [0.29, 0.717) is 9.79 Å². The molecule has 0 radical (unpaired) electrons. The molecule has 0 spiro atoms. The Morgan fingerprint density at radius 1 is 1.10 bits per heavy atom. The minimum atomic E-state index is 0.543. The molecular weight excluding hydrogens is 358 g/mol. The lowest BCUT2D eigenvalue weighted by molar-refractivity contribution is 1.03. The average Bonchev–Trinajstić information content (AvgIpc) is 2.82. The van der Waals surface area contributed by atoms with Crippen LogP contribution < -0.4 is 0 Å². The van der Waals surface area contributed by atoms with Crippen molar-refractivity contribution in [2.75, 3.05) is 0 Å². The highest BCUT2D eigenvalue weighted by molar-refractivity contribution is 9.10. The van der Waals surface area contributed by atoms with Crippen molar-refractivity contribution in [1.29, 1.82) is 0 Å². The van der Waals surface area contributed by atoms with Gasteiger partial charge < -0.3 is 0 Å². The lowest BCUT2D eigenvalue weighted by atomic mass is 10.2. The van der Waals surface area contributed by atoms with Crippen LogP contribution in [0.5, 0.6) is 0 Å². The fourth-order valence-corrected chi connectivity index (χ4v) is 2.76. The number of benzene rings is 2. The summed E-state index contributed by atoms with van der Waals surface area (Å²) >= 11 is 14.8. The van der Waals surface area contributed by atoms with Crippen LogP contribution in [0.2, 0.25) is 5.02 Å². The molecule has 0 aliphatic rings. The van der Waals surface area contributed by atoms with Crippen molar-refractivity contribution < 1.29 is 0 Å². The van der Waals surface area contributed by atoms with Crippen LogP contribution in [0, 0.1) is 4.77 Å². The molecule has 1 heterocycles. The predicted molar refractivity (Wildman–Crippen MR) is 86.9 cm³/mol. The average molecular weight is 367 g/mol. The summed E-state index contributed by atoms with van der Waals surface area (Å²) in [5, 5.41) is 7.84. The molecule has 0 aliphatic heterocycles. The second-order valence-corrected chi connectivity index (χ2v) is 5.82. The lowest BCUT2D eigenvalue weighted by Gasteiger charge is -2.08. The van der Waals surface area contributed by atoms with Gasteiger partial charge >= 0.3 is 0 Å². The zero-order valence-electron chi connectivity index (χ0n) is 10.2. The number of aromatic amines is 1. The molecule has 2 aromatic carbocycles. The second kappa shape index (κ2) is 5.52. The zero-order chi connectivity index (χ0) is 14.1. The van der Waals surface area contributed by atoms with Crippen LogP contribution in [0.15, 0.2) is 53.0 Å². The Kier molecular flexibility index (Phi) is 3.74. The highest BCUT2D eigenvalue weighted by Crippen LogP contribution is 2.27. The fourth-order valence-electron chi connectivity index (χ4n) is 1.95. The van der Waals surface area contributed by atoms with Crippen LogP contribution in [0.25, 0.3) is 17.1 Å². The molecule has 0 unspecified atom stereocenters. The maximum Gasteiger partial charge on any atom is 0.200 e. The minimum Gasteiger partial charge on any atom is -0.267 e. The van der Waals surface area contributed by atoms with E-state index < -0.39 is 0 Å². The van der Waals surface area contributed by atoms with E-state index >= 15 is 0 Å². The summed E-state index contributed by atoms with van der Waals surface area (Å²) in [6.45, 7) is 0. The normalized spacial score (nSPS) is 10.7. The van der Waals surface area contributed by atoms with Gasteiger partial charge in [-0.3, -0.25) is 9.67 Å². The Balaban J connectivity index is 2.23. The zero-order valence-corrected chi connectivity index (χ0v) is 13.3. The molecule has 0 aliphatic carbocycles. The summed E-state index contributed by atoms with van der Waals surface area (Å²) in [7, 11) is 0. The van der Waals surface area contributed by atoms with Gasteiger partial charge in [0.25, 0.3) is 0 Å². The molecule has 0 bridgehead atoms. The highest BCUT2D eigenvalue weighted by atomic mass is 79.9. The first-order chi connectivity index (χ1) is 9.66. The third-order valence-electron chi connectivity index (χ3n) is 2.87. The van der Waals surface area contributed by atoms with E-state index in [0.717, 1.165) is 21.5 Å². The van der Waals surface area contributed by atoms with E-state index in [9.17, 15) is 0 Å². The molecule has 0 amide bonds. The first-order valence-electron chi connectivity index (χ1n) is 5.85. The van der Waals surface area contributed by atoms with Gasteiger partial charge in [-0.2, -0.15) is 5.10 Å². The lowest BCUT2D eigenvalue weighted by Crippen LogP contribution is -1.98. The molecule has 3 nitrogen and oxygen atoms in total. The van der Waals surface area contributed by atoms with Crippen molar-refractivity contribution in [1.82, 2.24) is 14.8 Å². The van der Waals surface area contributed by atoms with E-state index in [-0.39, 0.29) is 0 Å². The summed E-state index contributed by atoms with van der Waals surface area (Å²) in [6, 6.07) is 15.4. The first-order valence-corrected chi connectivity index (χ1v) is 7.43. The van der Waals surface area contributed by atoms with Gasteiger partial charge in [0.2, 0.25) is 0 Å². The Bertz CT molecular complexity index is 808. The van der Waals surface area contributed by atoms with Crippen molar-refractivity contribution in [2.45, 2.75) is 0 Å².